The minimum atomic E-state index is -0.388. The highest BCUT2D eigenvalue weighted by Gasteiger charge is 2.40. The van der Waals surface area contributed by atoms with Gasteiger partial charge in [0.05, 0.1) is 12.0 Å². The van der Waals surface area contributed by atoms with Gasteiger partial charge in [0.2, 0.25) is 0 Å². The van der Waals surface area contributed by atoms with Crippen molar-refractivity contribution in [1.29, 1.82) is 0 Å². The molecule has 2 aromatic rings. The van der Waals surface area contributed by atoms with Crippen molar-refractivity contribution in [3.05, 3.63) is 59.5 Å². The molecule has 3 heterocycles. The zero-order valence-corrected chi connectivity index (χ0v) is 18.4. The van der Waals surface area contributed by atoms with E-state index >= 15 is 0 Å². The van der Waals surface area contributed by atoms with Gasteiger partial charge in [-0.3, -0.25) is 14.5 Å². The van der Waals surface area contributed by atoms with Crippen molar-refractivity contribution in [2.75, 3.05) is 39.3 Å². The minimum Gasteiger partial charge on any atom is -0.455 e. The Labute approximate surface area is 184 Å². The second-order valence-corrected chi connectivity index (χ2v) is 8.85. The summed E-state index contributed by atoms with van der Waals surface area (Å²) in [6.45, 7) is 7.82. The van der Waals surface area contributed by atoms with E-state index < -0.39 is 0 Å². The smallest absolute Gasteiger partial charge is 0.287 e. The van der Waals surface area contributed by atoms with Crippen molar-refractivity contribution in [2.45, 2.75) is 44.6 Å². The molecule has 2 aliphatic rings. The van der Waals surface area contributed by atoms with Gasteiger partial charge < -0.3 is 14.6 Å². The van der Waals surface area contributed by atoms with E-state index in [1.165, 1.54) is 12.8 Å². The first-order chi connectivity index (χ1) is 15.1. The van der Waals surface area contributed by atoms with Crippen LogP contribution in [0.15, 0.2) is 46.9 Å². The molecular weight excluding hydrogens is 390 g/mol. The minimum absolute atomic E-state index is 0.149. The lowest BCUT2D eigenvalue weighted by molar-refractivity contribution is -0.124. The lowest BCUT2D eigenvalue weighted by Gasteiger charge is -2.40. The summed E-state index contributed by atoms with van der Waals surface area (Å²) in [4.78, 5) is 29.6. The second kappa shape index (κ2) is 9.79. The van der Waals surface area contributed by atoms with E-state index in [4.69, 9.17) is 4.42 Å². The summed E-state index contributed by atoms with van der Waals surface area (Å²) in [6, 6.07) is 13.8. The van der Waals surface area contributed by atoms with Crippen LogP contribution in [0.5, 0.6) is 0 Å². The Kier molecular flexibility index (Phi) is 6.88. The van der Waals surface area contributed by atoms with Crippen LogP contribution in [0.3, 0.4) is 0 Å². The summed E-state index contributed by atoms with van der Waals surface area (Å²) in [6.07, 6.45) is 4.11. The van der Waals surface area contributed by atoms with Crippen LogP contribution < -0.4 is 5.32 Å². The van der Waals surface area contributed by atoms with Gasteiger partial charge in [-0.1, -0.05) is 30.3 Å². The lowest BCUT2D eigenvalue weighted by Crippen LogP contribution is -2.46. The van der Waals surface area contributed by atoms with E-state index in [-0.39, 0.29) is 17.1 Å². The number of ketones is 1. The van der Waals surface area contributed by atoms with Crippen LogP contribution in [-0.4, -0.2) is 60.8 Å². The molecule has 2 aliphatic heterocycles. The van der Waals surface area contributed by atoms with E-state index in [0.717, 1.165) is 56.9 Å². The molecule has 6 nitrogen and oxygen atoms in total. The zero-order chi connectivity index (χ0) is 21.7. The quantitative estimate of drug-likeness (QED) is 0.706. The van der Waals surface area contributed by atoms with Gasteiger partial charge in [-0.05, 0) is 76.5 Å². The van der Waals surface area contributed by atoms with Gasteiger partial charge >= 0.3 is 0 Å². The van der Waals surface area contributed by atoms with Crippen molar-refractivity contribution >= 4 is 11.7 Å². The molecule has 4 rings (SSSR count). The van der Waals surface area contributed by atoms with Crippen molar-refractivity contribution < 1.29 is 14.0 Å². The number of rotatable bonds is 8. The standard InChI is InChI=1S/C25H33N3O3/c1-20(29)25(21-7-3-2-4-8-21)11-16-28(17-12-25)19-22-9-10-23(31-22)24(30)26-13-18-27-14-5-6-15-27/h2-4,7-10H,5-6,11-19H2,1H3,(H,26,30). The summed E-state index contributed by atoms with van der Waals surface area (Å²) >= 11 is 0. The number of amides is 1. The molecule has 0 unspecified atom stereocenters. The Bertz CT molecular complexity index is 878. The van der Waals surface area contributed by atoms with Crippen LogP contribution >= 0.6 is 0 Å². The van der Waals surface area contributed by atoms with Gasteiger partial charge in [-0.25, -0.2) is 0 Å². The van der Waals surface area contributed by atoms with Crippen LogP contribution in [0.1, 0.15) is 54.5 Å². The van der Waals surface area contributed by atoms with E-state index in [2.05, 4.69) is 27.2 Å². The first kappa shape index (κ1) is 21.8. The number of likely N-dealkylation sites (tertiary alicyclic amines) is 2. The molecule has 2 saturated heterocycles. The van der Waals surface area contributed by atoms with Gasteiger partial charge in [0.1, 0.15) is 11.5 Å². The number of nitrogens with zero attached hydrogens (tertiary/aromatic N) is 2. The van der Waals surface area contributed by atoms with E-state index in [0.29, 0.717) is 18.8 Å². The Morgan fingerprint density at radius 3 is 2.35 bits per heavy atom. The molecule has 1 N–H and O–H groups in total. The predicted octanol–water partition coefficient (Wildman–Crippen LogP) is 3.23. The highest BCUT2D eigenvalue weighted by atomic mass is 16.4. The first-order valence-corrected chi connectivity index (χ1v) is 11.4. The van der Waals surface area contributed by atoms with Crippen LogP contribution in [0.4, 0.5) is 0 Å². The number of piperidine rings is 1. The van der Waals surface area contributed by atoms with Gasteiger partial charge in [-0.2, -0.15) is 0 Å². The van der Waals surface area contributed by atoms with Crippen molar-refractivity contribution in [2.24, 2.45) is 0 Å². The maximum atomic E-state index is 12.6. The molecule has 0 bridgehead atoms. The summed E-state index contributed by atoms with van der Waals surface area (Å²) in [5.74, 6) is 1.25. The number of Topliss-reactive ketones (excluding diaryl/α,β-unsaturated/α-hetero) is 1. The summed E-state index contributed by atoms with van der Waals surface area (Å²) < 4.78 is 5.82. The fourth-order valence-corrected chi connectivity index (χ4v) is 4.92. The molecule has 0 atom stereocenters. The van der Waals surface area contributed by atoms with Gasteiger partial charge in [0, 0.05) is 13.1 Å². The largest absolute Gasteiger partial charge is 0.455 e. The third kappa shape index (κ3) is 5.08. The number of nitrogens with one attached hydrogen (secondary N) is 1. The van der Waals surface area contributed by atoms with E-state index in [9.17, 15) is 9.59 Å². The summed E-state index contributed by atoms with van der Waals surface area (Å²) in [5, 5.41) is 2.96. The van der Waals surface area contributed by atoms with Gasteiger partial charge in [-0.15, -0.1) is 0 Å². The van der Waals surface area contributed by atoms with Crippen molar-refractivity contribution in [1.82, 2.24) is 15.1 Å². The number of hydrogen-bond donors (Lipinski definition) is 1. The molecule has 166 valence electrons. The summed E-state index contributed by atoms with van der Waals surface area (Å²) in [5.41, 5.74) is 0.731. The Hall–Kier alpha value is -2.44. The average Bonchev–Trinajstić information content (AvgIpc) is 3.47. The Morgan fingerprint density at radius 2 is 1.68 bits per heavy atom. The summed E-state index contributed by atoms with van der Waals surface area (Å²) in [7, 11) is 0. The van der Waals surface area contributed by atoms with E-state index in [1.54, 1.807) is 13.0 Å². The van der Waals surface area contributed by atoms with Gasteiger partial charge in [0.15, 0.2) is 5.76 Å². The van der Waals surface area contributed by atoms with Crippen LogP contribution in [0.2, 0.25) is 0 Å². The molecular formula is C25H33N3O3. The molecule has 0 spiro atoms. The van der Waals surface area contributed by atoms with Gasteiger partial charge in [0.25, 0.3) is 5.91 Å². The normalized spacial score (nSPS) is 19.4. The molecule has 0 aliphatic carbocycles. The highest BCUT2D eigenvalue weighted by Crippen LogP contribution is 2.36. The number of benzene rings is 1. The molecule has 2 fully saturated rings. The molecule has 1 aromatic heterocycles. The van der Waals surface area contributed by atoms with Crippen LogP contribution in [-0.2, 0) is 16.8 Å². The van der Waals surface area contributed by atoms with Crippen LogP contribution in [0.25, 0.3) is 0 Å². The topological polar surface area (TPSA) is 65.8 Å². The lowest BCUT2D eigenvalue weighted by atomic mass is 9.70. The highest BCUT2D eigenvalue weighted by molar-refractivity contribution is 5.91. The maximum Gasteiger partial charge on any atom is 0.287 e. The maximum absolute atomic E-state index is 12.6. The number of hydrogen-bond acceptors (Lipinski definition) is 5. The third-order valence-corrected chi connectivity index (χ3v) is 6.89. The third-order valence-electron chi connectivity index (χ3n) is 6.89. The number of furan rings is 1. The first-order valence-electron chi connectivity index (χ1n) is 11.4. The molecule has 1 aromatic carbocycles. The SMILES string of the molecule is CC(=O)C1(c2ccccc2)CCN(Cc2ccc(C(=O)NCCN3CCCC3)o2)CC1. The van der Waals surface area contributed by atoms with E-state index in [1.807, 2.05) is 24.3 Å². The predicted molar refractivity (Wildman–Crippen MR) is 120 cm³/mol. The molecule has 1 amide bonds. The Morgan fingerprint density at radius 1 is 0.968 bits per heavy atom. The van der Waals surface area contributed by atoms with Crippen molar-refractivity contribution in [3.8, 4) is 0 Å². The second-order valence-electron chi connectivity index (χ2n) is 8.85. The number of carbonyl (C=O) groups is 2. The molecule has 6 heteroatoms. The fraction of sp³-hybridized carbons (Fsp3) is 0.520. The molecule has 0 radical (unpaired) electrons. The zero-order valence-electron chi connectivity index (χ0n) is 18.4. The Balaban J connectivity index is 1.28. The average molecular weight is 424 g/mol. The van der Waals surface area contributed by atoms with Crippen LogP contribution in [0, 0.1) is 0 Å². The van der Waals surface area contributed by atoms with Crippen molar-refractivity contribution in [3.63, 3.8) is 0 Å². The molecule has 31 heavy (non-hydrogen) atoms. The monoisotopic (exact) mass is 423 g/mol. The fourth-order valence-electron chi connectivity index (χ4n) is 4.92. The number of carbonyl (C=O) groups excluding carboxylic acids is 2. The molecule has 0 saturated carbocycles.